The van der Waals surface area contributed by atoms with E-state index in [1.165, 1.54) is 17.9 Å². The Kier molecular flexibility index (Phi) is 2.64. The summed E-state index contributed by atoms with van der Waals surface area (Å²) in [7, 11) is 0. The average Bonchev–Trinajstić information content (AvgIpc) is 2.67. The maximum Gasteiger partial charge on any atom is 0.129 e. The van der Waals surface area contributed by atoms with Gasteiger partial charge in [0.05, 0.1) is 12.2 Å². The first kappa shape index (κ1) is 9.01. The molecule has 2 heterocycles. The second-order valence-corrected chi connectivity index (χ2v) is 3.40. The van der Waals surface area contributed by atoms with Gasteiger partial charge in [0, 0.05) is 17.1 Å². The van der Waals surface area contributed by atoms with Gasteiger partial charge in [-0.1, -0.05) is 4.49 Å². The van der Waals surface area contributed by atoms with E-state index in [1.54, 1.807) is 0 Å². The third kappa shape index (κ3) is 2.23. The molecular weight excluding hydrogens is 198 g/mol. The molecule has 0 aliphatic carbocycles. The van der Waals surface area contributed by atoms with Crippen molar-refractivity contribution in [2.24, 2.45) is 0 Å². The average molecular weight is 207 g/mol. The van der Waals surface area contributed by atoms with Crippen molar-refractivity contribution < 1.29 is 0 Å². The summed E-state index contributed by atoms with van der Waals surface area (Å²) in [5.41, 5.74) is 1.87. The Morgan fingerprint density at radius 3 is 3.07 bits per heavy atom. The Morgan fingerprint density at radius 1 is 1.43 bits per heavy atom. The van der Waals surface area contributed by atoms with Crippen molar-refractivity contribution in [1.82, 2.24) is 19.6 Å². The summed E-state index contributed by atoms with van der Waals surface area (Å²) in [6.07, 6.45) is 1.54. The van der Waals surface area contributed by atoms with E-state index in [0.717, 1.165) is 17.2 Å². The molecule has 5 nitrogen and oxygen atoms in total. The predicted molar refractivity (Wildman–Crippen MR) is 54.0 cm³/mol. The number of hydrogen-bond donors (Lipinski definition) is 1. The molecule has 0 amide bonds. The van der Waals surface area contributed by atoms with Gasteiger partial charge in [0.1, 0.15) is 12.1 Å². The van der Waals surface area contributed by atoms with E-state index in [2.05, 4.69) is 24.9 Å². The van der Waals surface area contributed by atoms with Crippen molar-refractivity contribution in [1.29, 1.82) is 0 Å². The van der Waals surface area contributed by atoms with Crippen LogP contribution in [0.4, 0.5) is 5.82 Å². The van der Waals surface area contributed by atoms with Crippen LogP contribution in [0.15, 0.2) is 17.8 Å². The Labute approximate surface area is 85.4 Å². The summed E-state index contributed by atoms with van der Waals surface area (Å²) in [5.74, 6) is 0.811. The van der Waals surface area contributed by atoms with Crippen LogP contribution in [0.1, 0.15) is 11.4 Å². The first-order valence-electron chi connectivity index (χ1n) is 4.13. The summed E-state index contributed by atoms with van der Waals surface area (Å²) in [6.45, 7) is 2.57. The van der Waals surface area contributed by atoms with Crippen LogP contribution < -0.4 is 5.32 Å². The summed E-state index contributed by atoms with van der Waals surface area (Å²) < 4.78 is 3.77. The van der Waals surface area contributed by atoms with Crippen molar-refractivity contribution in [2.75, 3.05) is 5.32 Å². The van der Waals surface area contributed by atoms with Crippen LogP contribution in [-0.2, 0) is 6.54 Å². The summed E-state index contributed by atoms with van der Waals surface area (Å²) in [4.78, 5) is 8.08. The molecule has 0 aliphatic heterocycles. The first-order chi connectivity index (χ1) is 6.84. The highest BCUT2D eigenvalue weighted by Crippen LogP contribution is 2.05. The molecule has 0 spiro atoms. The maximum absolute atomic E-state index is 4.07. The minimum Gasteiger partial charge on any atom is -0.364 e. The van der Waals surface area contributed by atoms with Crippen LogP contribution in [0.3, 0.4) is 0 Å². The monoisotopic (exact) mass is 207 g/mol. The topological polar surface area (TPSA) is 63.6 Å². The molecule has 0 saturated heterocycles. The van der Waals surface area contributed by atoms with Gasteiger partial charge in [-0.15, -0.1) is 5.10 Å². The van der Waals surface area contributed by atoms with E-state index >= 15 is 0 Å². The molecule has 0 bridgehead atoms. The Hall–Kier alpha value is -1.56. The molecule has 0 saturated carbocycles. The maximum atomic E-state index is 4.07. The van der Waals surface area contributed by atoms with E-state index in [-0.39, 0.29) is 0 Å². The number of nitrogens with zero attached hydrogens (tertiary/aromatic N) is 4. The zero-order chi connectivity index (χ0) is 9.80. The van der Waals surface area contributed by atoms with E-state index < -0.39 is 0 Å². The highest BCUT2D eigenvalue weighted by atomic mass is 32.1. The van der Waals surface area contributed by atoms with Gasteiger partial charge < -0.3 is 5.32 Å². The smallest absolute Gasteiger partial charge is 0.129 e. The summed E-state index contributed by atoms with van der Waals surface area (Å²) >= 11 is 1.34. The number of aryl methyl sites for hydroxylation is 1. The fourth-order valence-electron chi connectivity index (χ4n) is 0.993. The highest BCUT2D eigenvalue weighted by molar-refractivity contribution is 7.03. The van der Waals surface area contributed by atoms with Crippen molar-refractivity contribution >= 4 is 17.4 Å². The van der Waals surface area contributed by atoms with Crippen molar-refractivity contribution in [3.8, 4) is 0 Å². The number of anilines is 1. The first-order valence-corrected chi connectivity index (χ1v) is 4.97. The Morgan fingerprint density at radius 2 is 2.36 bits per heavy atom. The predicted octanol–water partition coefficient (Wildman–Crippen LogP) is 1.25. The van der Waals surface area contributed by atoms with Gasteiger partial charge in [0.15, 0.2) is 0 Å². The largest absolute Gasteiger partial charge is 0.364 e. The zero-order valence-corrected chi connectivity index (χ0v) is 8.45. The Balaban J connectivity index is 1.98. The lowest BCUT2D eigenvalue weighted by Crippen LogP contribution is -2.02. The van der Waals surface area contributed by atoms with Gasteiger partial charge >= 0.3 is 0 Å². The van der Waals surface area contributed by atoms with Crippen LogP contribution in [0.2, 0.25) is 0 Å². The second kappa shape index (κ2) is 4.10. The second-order valence-electron chi connectivity index (χ2n) is 2.79. The van der Waals surface area contributed by atoms with E-state index in [1.807, 2.05) is 18.4 Å². The third-order valence-corrected chi connectivity index (χ3v) is 2.21. The molecule has 0 aliphatic rings. The van der Waals surface area contributed by atoms with Gasteiger partial charge in [-0.05, 0) is 18.5 Å². The molecule has 2 aromatic rings. The SMILES string of the molecule is Cc1cc(NCc2csnn2)ncn1. The van der Waals surface area contributed by atoms with E-state index in [4.69, 9.17) is 0 Å². The standard InChI is InChI=1S/C8H9N5S/c1-6-2-8(11-5-10-6)9-3-7-4-14-13-12-7/h2,4-5H,3H2,1H3,(H,9,10,11). The van der Waals surface area contributed by atoms with E-state index in [9.17, 15) is 0 Å². The quantitative estimate of drug-likeness (QED) is 0.820. The van der Waals surface area contributed by atoms with Crippen molar-refractivity contribution in [3.05, 3.63) is 29.2 Å². The fourth-order valence-corrected chi connectivity index (χ4v) is 1.44. The van der Waals surface area contributed by atoms with Crippen molar-refractivity contribution in [3.63, 3.8) is 0 Å². The molecule has 0 atom stereocenters. The molecule has 6 heteroatoms. The van der Waals surface area contributed by atoms with Gasteiger partial charge in [0.2, 0.25) is 0 Å². The summed E-state index contributed by atoms with van der Waals surface area (Å²) in [6, 6.07) is 1.89. The lowest BCUT2D eigenvalue weighted by atomic mass is 10.4. The normalized spacial score (nSPS) is 10.1. The molecule has 0 radical (unpaired) electrons. The minimum absolute atomic E-state index is 0.646. The highest BCUT2D eigenvalue weighted by Gasteiger charge is 1.97. The molecule has 2 aromatic heterocycles. The fraction of sp³-hybridized carbons (Fsp3) is 0.250. The van der Waals surface area contributed by atoms with Crippen molar-refractivity contribution in [2.45, 2.75) is 13.5 Å². The van der Waals surface area contributed by atoms with Crippen LogP contribution in [0, 0.1) is 6.92 Å². The minimum atomic E-state index is 0.646. The molecule has 1 N–H and O–H groups in total. The lowest BCUT2D eigenvalue weighted by Gasteiger charge is -2.02. The molecule has 72 valence electrons. The van der Waals surface area contributed by atoms with E-state index in [0.29, 0.717) is 6.54 Å². The zero-order valence-electron chi connectivity index (χ0n) is 7.64. The molecule has 0 fully saturated rings. The van der Waals surface area contributed by atoms with Crippen LogP contribution in [0.5, 0.6) is 0 Å². The number of hydrogen-bond acceptors (Lipinski definition) is 6. The van der Waals surface area contributed by atoms with Gasteiger partial charge in [-0.25, -0.2) is 9.97 Å². The molecule has 0 aromatic carbocycles. The van der Waals surface area contributed by atoms with Gasteiger partial charge in [-0.3, -0.25) is 0 Å². The molecular formula is C8H9N5S. The Bertz CT molecular complexity index is 400. The molecule has 2 rings (SSSR count). The molecule has 14 heavy (non-hydrogen) atoms. The van der Waals surface area contributed by atoms with Crippen LogP contribution >= 0.6 is 11.5 Å². The third-order valence-electron chi connectivity index (χ3n) is 1.66. The molecule has 0 unspecified atom stereocenters. The summed E-state index contributed by atoms with van der Waals surface area (Å²) in [5, 5.41) is 8.96. The van der Waals surface area contributed by atoms with Crippen LogP contribution in [0.25, 0.3) is 0 Å². The van der Waals surface area contributed by atoms with Gasteiger partial charge in [0.25, 0.3) is 0 Å². The lowest BCUT2D eigenvalue weighted by molar-refractivity contribution is 0.980. The number of nitrogens with one attached hydrogen (secondary N) is 1. The number of aromatic nitrogens is 4. The van der Waals surface area contributed by atoms with Gasteiger partial charge in [-0.2, -0.15) is 0 Å². The number of rotatable bonds is 3. The van der Waals surface area contributed by atoms with Crippen LogP contribution in [-0.4, -0.2) is 19.6 Å².